The zero-order valence-corrected chi connectivity index (χ0v) is 5.53. The molecule has 0 saturated carbocycles. The van der Waals surface area contributed by atoms with Crippen LogP contribution in [0.5, 0.6) is 0 Å². The van der Waals surface area contributed by atoms with E-state index in [1.54, 1.807) is 0 Å². The van der Waals surface area contributed by atoms with Gasteiger partial charge in [0.05, 0.1) is 12.5 Å². The number of aliphatic hydroxyl groups is 3. The molecule has 56 valence electrons. The van der Waals surface area contributed by atoms with Gasteiger partial charge in [0.15, 0.2) is 0 Å². The Morgan fingerprint density at radius 2 is 1.89 bits per heavy atom. The van der Waals surface area contributed by atoms with E-state index in [2.05, 4.69) is 4.74 Å². The van der Waals surface area contributed by atoms with Gasteiger partial charge in [0.2, 0.25) is 0 Å². The summed E-state index contributed by atoms with van der Waals surface area (Å²) in [5, 5.41) is 25.3. The van der Waals surface area contributed by atoms with Gasteiger partial charge in [0.1, 0.15) is 0 Å². The Kier molecular flexibility index (Phi) is 3.07. The number of ether oxygens (including phenoxy) is 1. The highest BCUT2D eigenvalue weighted by Crippen LogP contribution is 2.09. The van der Waals surface area contributed by atoms with E-state index in [1.807, 2.05) is 0 Å². The van der Waals surface area contributed by atoms with Crippen LogP contribution in [0.15, 0.2) is 0 Å². The lowest BCUT2D eigenvalue weighted by molar-refractivity contribution is -0.343. The van der Waals surface area contributed by atoms with Crippen molar-refractivity contribution in [1.82, 2.24) is 0 Å². The van der Waals surface area contributed by atoms with Gasteiger partial charge in [0, 0.05) is 7.11 Å². The van der Waals surface area contributed by atoms with Crippen LogP contribution in [0.2, 0.25) is 0 Å². The second-order valence-electron chi connectivity index (χ2n) is 2.04. The van der Waals surface area contributed by atoms with Gasteiger partial charge in [-0.05, 0) is 0 Å². The summed E-state index contributed by atoms with van der Waals surface area (Å²) in [6, 6.07) is 0. The monoisotopic (exact) mass is 136 g/mol. The van der Waals surface area contributed by atoms with Gasteiger partial charge < -0.3 is 20.1 Å². The molecule has 0 radical (unpaired) electrons. The normalized spacial score (nSPS) is 15.7. The third-order valence-corrected chi connectivity index (χ3v) is 1.08. The highest BCUT2D eigenvalue weighted by Gasteiger charge is 2.27. The predicted octanol–water partition coefficient (Wildman–Crippen LogP) is -1.10. The molecule has 0 aromatic carbocycles. The minimum absolute atomic E-state index is 0.115. The maximum atomic E-state index is 8.45. The van der Waals surface area contributed by atoms with E-state index in [-0.39, 0.29) is 6.61 Å². The minimum Gasteiger partial charge on any atom is -0.384 e. The van der Waals surface area contributed by atoms with Gasteiger partial charge in [-0.25, -0.2) is 0 Å². The third kappa shape index (κ3) is 3.42. The minimum atomic E-state index is -2.62. The van der Waals surface area contributed by atoms with Crippen molar-refractivity contribution in [2.75, 3.05) is 13.7 Å². The molecular formula is C5H12O4. The second kappa shape index (κ2) is 3.12. The molecular weight excluding hydrogens is 124 g/mol. The first-order valence-corrected chi connectivity index (χ1v) is 2.64. The van der Waals surface area contributed by atoms with Crippen LogP contribution in [0, 0.1) is 5.92 Å². The van der Waals surface area contributed by atoms with E-state index in [0.29, 0.717) is 0 Å². The molecule has 0 aliphatic carbocycles. The Hall–Kier alpha value is -0.160. The Morgan fingerprint density at radius 3 is 2.00 bits per heavy atom. The summed E-state index contributed by atoms with van der Waals surface area (Å²) in [4.78, 5) is 0. The van der Waals surface area contributed by atoms with Crippen LogP contribution < -0.4 is 0 Å². The van der Waals surface area contributed by atoms with Crippen LogP contribution in [0.1, 0.15) is 6.92 Å². The Morgan fingerprint density at radius 1 is 1.44 bits per heavy atom. The maximum absolute atomic E-state index is 8.45. The van der Waals surface area contributed by atoms with E-state index < -0.39 is 11.9 Å². The van der Waals surface area contributed by atoms with E-state index in [4.69, 9.17) is 15.3 Å². The van der Waals surface area contributed by atoms with Gasteiger partial charge in [-0.2, -0.15) is 0 Å². The Balaban J connectivity index is 3.59. The van der Waals surface area contributed by atoms with E-state index in [9.17, 15) is 0 Å². The molecule has 1 unspecified atom stereocenters. The van der Waals surface area contributed by atoms with Crippen LogP contribution in [0.3, 0.4) is 0 Å². The van der Waals surface area contributed by atoms with Crippen molar-refractivity contribution >= 4 is 0 Å². The summed E-state index contributed by atoms with van der Waals surface area (Å²) in [7, 11) is 1.42. The highest BCUT2D eigenvalue weighted by atomic mass is 16.7. The first kappa shape index (κ1) is 8.84. The standard InChI is InChI=1S/C5H12O4/c1-4(3-9-2)5(6,7)8/h4,6-8H,3H2,1-2H3. The lowest BCUT2D eigenvalue weighted by atomic mass is 10.1. The summed E-state index contributed by atoms with van der Waals surface area (Å²) < 4.78 is 4.55. The van der Waals surface area contributed by atoms with Crippen molar-refractivity contribution in [3.8, 4) is 0 Å². The fraction of sp³-hybridized carbons (Fsp3) is 1.00. The van der Waals surface area contributed by atoms with Gasteiger partial charge >= 0.3 is 0 Å². The Bertz CT molecular complexity index is 75.5. The van der Waals surface area contributed by atoms with Gasteiger partial charge in [-0.15, -0.1) is 0 Å². The van der Waals surface area contributed by atoms with Crippen molar-refractivity contribution < 1.29 is 20.1 Å². The summed E-state index contributed by atoms with van der Waals surface area (Å²) in [6.45, 7) is 1.58. The zero-order chi connectivity index (χ0) is 7.49. The third-order valence-electron chi connectivity index (χ3n) is 1.08. The SMILES string of the molecule is COCC(C)C(O)(O)O. The molecule has 4 nitrogen and oxygen atoms in total. The van der Waals surface area contributed by atoms with Gasteiger partial charge in [-0.3, -0.25) is 0 Å². The highest BCUT2D eigenvalue weighted by molar-refractivity contribution is 4.57. The molecule has 3 N–H and O–H groups in total. The smallest absolute Gasteiger partial charge is 0.280 e. The van der Waals surface area contributed by atoms with Crippen LogP contribution >= 0.6 is 0 Å². The molecule has 1 atom stereocenters. The van der Waals surface area contributed by atoms with Crippen molar-refractivity contribution in [2.45, 2.75) is 12.9 Å². The van der Waals surface area contributed by atoms with Crippen LogP contribution in [-0.2, 0) is 4.74 Å². The summed E-state index contributed by atoms with van der Waals surface area (Å²) >= 11 is 0. The van der Waals surface area contributed by atoms with Crippen molar-refractivity contribution in [1.29, 1.82) is 0 Å². The zero-order valence-electron chi connectivity index (χ0n) is 5.53. The lowest BCUT2D eigenvalue weighted by Gasteiger charge is -2.20. The average molecular weight is 136 g/mol. The van der Waals surface area contributed by atoms with Crippen molar-refractivity contribution in [3.63, 3.8) is 0 Å². The molecule has 0 spiro atoms. The van der Waals surface area contributed by atoms with E-state index in [0.717, 1.165) is 0 Å². The molecule has 0 fully saturated rings. The van der Waals surface area contributed by atoms with Crippen molar-refractivity contribution in [3.05, 3.63) is 0 Å². The molecule has 0 aliphatic heterocycles. The molecule has 0 heterocycles. The van der Waals surface area contributed by atoms with Crippen molar-refractivity contribution in [2.24, 2.45) is 5.92 Å². The summed E-state index contributed by atoms with van der Waals surface area (Å²) in [5.74, 6) is -3.31. The molecule has 0 amide bonds. The van der Waals surface area contributed by atoms with Crippen LogP contribution in [0.4, 0.5) is 0 Å². The predicted molar refractivity (Wildman–Crippen MR) is 30.4 cm³/mol. The maximum Gasteiger partial charge on any atom is 0.280 e. The summed E-state index contributed by atoms with van der Waals surface area (Å²) in [6.07, 6.45) is 0. The molecule has 0 aromatic heterocycles. The van der Waals surface area contributed by atoms with Crippen LogP contribution in [0.25, 0.3) is 0 Å². The molecule has 4 heteroatoms. The first-order valence-electron chi connectivity index (χ1n) is 2.64. The van der Waals surface area contributed by atoms with Gasteiger partial charge in [0.25, 0.3) is 5.97 Å². The molecule has 9 heavy (non-hydrogen) atoms. The molecule has 0 bridgehead atoms. The number of hydrogen-bond acceptors (Lipinski definition) is 4. The lowest BCUT2D eigenvalue weighted by Crippen LogP contribution is -2.37. The first-order chi connectivity index (χ1) is 3.98. The second-order valence-corrected chi connectivity index (χ2v) is 2.04. The molecule has 0 aliphatic rings. The number of hydrogen-bond donors (Lipinski definition) is 3. The molecule has 0 rings (SSSR count). The average Bonchev–Trinajstić information content (AvgIpc) is 1.64. The topological polar surface area (TPSA) is 69.9 Å². The molecule has 0 aromatic rings. The van der Waals surface area contributed by atoms with E-state index >= 15 is 0 Å². The fourth-order valence-electron chi connectivity index (χ4n) is 0.362. The number of rotatable bonds is 3. The molecule has 0 saturated heterocycles. The quantitative estimate of drug-likeness (QED) is 0.431. The fourth-order valence-corrected chi connectivity index (χ4v) is 0.362. The van der Waals surface area contributed by atoms with Gasteiger partial charge in [-0.1, -0.05) is 6.92 Å². The van der Waals surface area contributed by atoms with E-state index in [1.165, 1.54) is 14.0 Å². The largest absolute Gasteiger partial charge is 0.384 e. The number of methoxy groups -OCH3 is 1. The summed E-state index contributed by atoms with van der Waals surface area (Å²) in [5.41, 5.74) is 0. The van der Waals surface area contributed by atoms with Crippen LogP contribution in [-0.4, -0.2) is 35.0 Å². The Labute approximate surface area is 53.7 Å².